The molecule has 0 aliphatic carbocycles. The number of carbonyl (C=O) groups excluding carboxylic acids is 1. The smallest absolute Gasteiger partial charge is 0.325 e. The lowest BCUT2D eigenvalue weighted by atomic mass is 9.95. The molecule has 3 rings (SSSR count). The second-order valence-electron chi connectivity index (χ2n) is 6.78. The summed E-state index contributed by atoms with van der Waals surface area (Å²) < 4.78 is 53.1. The lowest BCUT2D eigenvalue weighted by Crippen LogP contribution is -2.38. The standard InChI is InChI=1S/C20H19ClF4N2O/c21-16-5-3-6-17(22)14(16)12-27-10-8-13(9-11-27)19(28)26-18-7-2-1-4-15(18)20(23,24)25/h1-7,13H,8-12H2,(H,26,28). The van der Waals surface area contributed by atoms with E-state index >= 15 is 0 Å². The molecule has 28 heavy (non-hydrogen) atoms. The molecule has 0 saturated carbocycles. The van der Waals surface area contributed by atoms with Crippen molar-refractivity contribution in [1.29, 1.82) is 0 Å². The molecule has 8 heteroatoms. The van der Waals surface area contributed by atoms with Gasteiger partial charge in [-0.3, -0.25) is 9.69 Å². The number of hydrogen-bond acceptors (Lipinski definition) is 2. The lowest BCUT2D eigenvalue weighted by molar-refractivity contribution is -0.137. The number of para-hydroxylation sites is 1. The molecule has 0 atom stereocenters. The molecule has 0 spiro atoms. The summed E-state index contributed by atoms with van der Waals surface area (Å²) in [5, 5.41) is 2.76. The number of alkyl halides is 3. The third kappa shape index (κ3) is 4.83. The summed E-state index contributed by atoms with van der Waals surface area (Å²) in [6, 6.07) is 9.43. The quantitative estimate of drug-likeness (QED) is 0.684. The predicted molar refractivity (Wildman–Crippen MR) is 99.5 cm³/mol. The van der Waals surface area contributed by atoms with Gasteiger partial charge in [0.2, 0.25) is 5.91 Å². The zero-order chi connectivity index (χ0) is 20.3. The van der Waals surface area contributed by atoms with Gasteiger partial charge in [0.25, 0.3) is 0 Å². The first-order chi connectivity index (χ1) is 13.3. The first kappa shape index (κ1) is 20.6. The molecule has 3 nitrogen and oxygen atoms in total. The van der Waals surface area contributed by atoms with Gasteiger partial charge in [0.1, 0.15) is 5.82 Å². The fourth-order valence-electron chi connectivity index (χ4n) is 3.33. The van der Waals surface area contributed by atoms with Crippen LogP contribution in [-0.4, -0.2) is 23.9 Å². The van der Waals surface area contributed by atoms with Crippen molar-refractivity contribution >= 4 is 23.2 Å². The summed E-state index contributed by atoms with van der Waals surface area (Å²) in [5.74, 6) is -1.20. The normalized spacial score (nSPS) is 16.2. The van der Waals surface area contributed by atoms with Crippen LogP contribution in [0.2, 0.25) is 5.02 Å². The topological polar surface area (TPSA) is 32.3 Å². The Hall–Kier alpha value is -2.12. The number of amides is 1. The summed E-state index contributed by atoms with van der Waals surface area (Å²) in [6.45, 7) is 1.39. The second-order valence-corrected chi connectivity index (χ2v) is 7.19. The summed E-state index contributed by atoms with van der Waals surface area (Å²) in [7, 11) is 0. The average Bonchev–Trinajstić information content (AvgIpc) is 2.65. The zero-order valence-corrected chi connectivity index (χ0v) is 15.7. The van der Waals surface area contributed by atoms with Crippen molar-refractivity contribution in [2.75, 3.05) is 18.4 Å². The van der Waals surface area contributed by atoms with Crippen LogP contribution >= 0.6 is 11.6 Å². The monoisotopic (exact) mass is 414 g/mol. The highest BCUT2D eigenvalue weighted by molar-refractivity contribution is 6.31. The van der Waals surface area contributed by atoms with E-state index in [1.165, 1.54) is 30.3 Å². The van der Waals surface area contributed by atoms with Gasteiger partial charge in [-0.2, -0.15) is 13.2 Å². The van der Waals surface area contributed by atoms with Gasteiger partial charge < -0.3 is 5.32 Å². The van der Waals surface area contributed by atoms with Crippen molar-refractivity contribution in [1.82, 2.24) is 4.90 Å². The Balaban J connectivity index is 1.59. The molecule has 0 aromatic heterocycles. The van der Waals surface area contributed by atoms with Crippen molar-refractivity contribution in [2.45, 2.75) is 25.6 Å². The van der Waals surface area contributed by atoms with E-state index in [-0.39, 0.29) is 11.5 Å². The van der Waals surface area contributed by atoms with Gasteiger partial charge >= 0.3 is 6.18 Å². The molecular formula is C20H19ClF4N2O. The van der Waals surface area contributed by atoms with Crippen LogP contribution in [-0.2, 0) is 17.5 Å². The van der Waals surface area contributed by atoms with E-state index in [1.54, 1.807) is 6.07 Å². The average molecular weight is 415 g/mol. The van der Waals surface area contributed by atoms with E-state index in [1.807, 2.05) is 4.90 Å². The number of piperidine rings is 1. The number of rotatable bonds is 4. The van der Waals surface area contributed by atoms with Crippen molar-refractivity contribution in [2.24, 2.45) is 5.92 Å². The fraction of sp³-hybridized carbons (Fsp3) is 0.350. The van der Waals surface area contributed by atoms with E-state index < -0.39 is 23.6 Å². The maximum Gasteiger partial charge on any atom is 0.418 e. The fourth-order valence-corrected chi connectivity index (χ4v) is 3.56. The van der Waals surface area contributed by atoms with Gasteiger partial charge in [0, 0.05) is 23.0 Å². The summed E-state index contributed by atoms with van der Waals surface area (Å²) in [4.78, 5) is 14.4. The molecule has 0 bridgehead atoms. The van der Waals surface area contributed by atoms with E-state index in [4.69, 9.17) is 11.6 Å². The lowest BCUT2D eigenvalue weighted by Gasteiger charge is -2.31. The van der Waals surface area contributed by atoms with E-state index in [0.29, 0.717) is 43.1 Å². The van der Waals surface area contributed by atoms with Gasteiger partial charge in [-0.1, -0.05) is 29.8 Å². The number of nitrogens with one attached hydrogen (secondary N) is 1. The molecule has 1 heterocycles. The summed E-state index contributed by atoms with van der Waals surface area (Å²) in [6.07, 6.45) is -3.58. The zero-order valence-electron chi connectivity index (χ0n) is 14.9. The van der Waals surface area contributed by atoms with Crippen LogP contribution in [0.25, 0.3) is 0 Å². The van der Waals surface area contributed by atoms with Gasteiger partial charge in [-0.15, -0.1) is 0 Å². The minimum atomic E-state index is -4.54. The number of halogens is 5. The molecule has 2 aromatic carbocycles. The minimum Gasteiger partial charge on any atom is -0.325 e. The Morgan fingerprint density at radius 3 is 2.43 bits per heavy atom. The number of nitrogens with zero attached hydrogens (tertiary/aromatic N) is 1. The van der Waals surface area contributed by atoms with Gasteiger partial charge in [0.15, 0.2) is 0 Å². The van der Waals surface area contributed by atoms with Crippen LogP contribution in [0.1, 0.15) is 24.0 Å². The Labute approximate surface area is 165 Å². The molecule has 1 fully saturated rings. The molecule has 150 valence electrons. The van der Waals surface area contributed by atoms with E-state index in [2.05, 4.69) is 5.32 Å². The van der Waals surface area contributed by atoms with Crippen molar-refractivity contribution in [3.63, 3.8) is 0 Å². The van der Waals surface area contributed by atoms with Gasteiger partial charge in [-0.25, -0.2) is 4.39 Å². The van der Waals surface area contributed by atoms with Gasteiger partial charge in [-0.05, 0) is 50.2 Å². The Morgan fingerprint density at radius 2 is 1.79 bits per heavy atom. The third-order valence-corrected chi connectivity index (χ3v) is 5.25. The van der Waals surface area contributed by atoms with E-state index in [0.717, 1.165) is 6.07 Å². The van der Waals surface area contributed by atoms with Crippen LogP contribution in [0.15, 0.2) is 42.5 Å². The Bertz CT molecular complexity index is 828. The summed E-state index contributed by atoms with van der Waals surface area (Å²) in [5.41, 5.74) is -0.693. The molecule has 1 aliphatic heterocycles. The van der Waals surface area contributed by atoms with Crippen LogP contribution < -0.4 is 5.32 Å². The SMILES string of the molecule is O=C(Nc1ccccc1C(F)(F)F)C1CCN(Cc2c(F)cccc2Cl)CC1. The third-order valence-electron chi connectivity index (χ3n) is 4.89. The number of anilines is 1. The first-order valence-corrected chi connectivity index (χ1v) is 9.26. The van der Waals surface area contributed by atoms with Crippen LogP contribution in [0.4, 0.5) is 23.2 Å². The van der Waals surface area contributed by atoms with Crippen LogP contribution in [0.5, 0.6) is 0 Å². The van der Waals surface area contributed by atoms with Gasteiger partial charge in [0.05, 0.1) is 11.3 Å². The maximum atomic E-state index is 13.9. The number of carbonyl (C=O) groups is 1. The second kappa shape index (κ2) is 8.49. The molecular weight excluding hydrogens is 396 g/mol. The Kier molecular flexibility index (Phi) is 6.25. The maximum absolute atomic E-state index is 13.9. The number of benzene rings is 2. The van der Waals surface area contributed by atoms with Crippen LogP contribution in [0, 0.1) is 11.7 Å². The van der Waals surface area contributed by atoms with Crippen LogP contribution in [0.3, 0.4) is 0 Å². The molecule has 1 N–H and O–H groups in total. The van der Waals surface area contributed by atoms with Crippen molar-refractivity contribution in [3.8, 4) is 0 Å². The molecule has 0 radical (unpaired) electrons. The first-order valence-electron chi connectivity index (χ1n) is 8.88. The minimum absolute atomic E-state index is 0.236. The van der Waals surface area contributed by atoms with E-state index in [9.17, 15) is 22.4 Å². The number of hydrogen-bond donors (Lipinski definition) is 1. The molecule has 0 unspecified atom stereocenters. The molecule has 1 saturated heterocycles. The predicted octanol–water partition coefficient (Wildman–Crippen LogP) is 5.35. The van der Waals surface area contributed by atoms with Crippen molar-refractivity contribution in [3.05, 3.63) is 64.4 Å². The summed E-state index contributed by atoms with van der Waals surface area (Å²) >= 11 is 6.05. The molecule has 1 aliphatic rings. The van der Waals surface area contributed by atoms with Crippen molar-refractivity contribution < 1.29 is 22.4 Å². The molecule has 2 aromatic rings. The Morgan fingerprint density at radius 1 is 1.11 bits per heavy atom. The number of likely N-dealkylation sites (tertiary alicyclic amines) is 1. The molecule has 1 amide bonds. The largest absolute Gasteiger partial charge is 0.418 e. The highest BCUT2D eigenvalue weighted by atomic mass is 35.5. The highest BCUT2D eigenvalue weighted by Gasteiger charge is 2.34. The highest BCUT2D eigenvalue weighted by Crippen LogP contribution is 2.35.